The summed E-state index contributed by atoms with van der Waals surface area (Å²) < 4.78 is 28.5. The highest BCUT2D eigenvalue weighted by Gasteiger charge is 2.50. The molecule has 1 saturated heterocycles. The average molecular weight is 1130 g/mol. The maximum atomic E-state index is 13.2. The topological polar surface area (TPSA) is 175 Å². The van der Waals surface area contributed by atoms with Gasteiger partial charge in [-0.05, 0) is 128 Å². The number of carboxylic acid groups (broad SMARTS) is 1. The van der Waals surface area contributed by atoms with Gasteiger partial charge in [0.2, 0.25) is 0 Å². The van der Waals surface area contributed by atoms with Crippen LogP contribution in [0.1, 0.15) is 252 Å². The molecule has 0 aromatic rings. The highest BCUT2D eigenvalue weighted by Crippen LogP contribution is 2.26. The molecule has 0 saturated carbocycles. The molecule has 3 N–H and O–H groups in total. The van der Waals surface area contributed by atoms with Crippen LogP contribution in [0.25, 0.3) is 0 Å². The molecule has 1 aliphatic heterocycles. The Morgan fingerprint density at radius 1 is 0.420 bits per heavy atom. The molecule has 6 unspecified atom stereocenters. The quantitative estimate of drug-likeness (QED) is 0.0228. The van der Waals surface area contributed by atoms with Gasteiger partial charge >= 0.3 is 23.9 Å². The van der Waals surface area contributed by atoms with E-state index < -0.39 is 67.3 Å². The molecule has 0 spiro atoms. The predicted octanol–water partition coefficient (Wildman–Crippen LogP) is 17.0. The van der Waals surface area contributed by atoms with Gasteiger partial charge in [-0.3, -0.25) is 14.4 Å². The van der Waals surface area contributed by atoms with Gasteiger partial charge in [0.25, 0.3) is 0 Å². The molecule has 1 aliphatic rings. The Balaban J connectivity index is 2.71. The number of ether oxygens (including phenoxy) is 5. The standard InChI is InChI=1S/C69H112O12/c1-4-7-10-13-16-19-22-25-27-29-31-33-35-38-40-43-46-49-52-55-61(70)77-58-60(79-62(71)56-53-50-47-44-42-39-36-34-32-30-28-26-23-20-17-14-11-8-5-2)59-78-69-67(65(74)64(73)66(81-69)68(75)76)80-63(72)57-54-51-48-45-41-37-24-21-18-15-12-9-6-3/h7,10,16-17,19-21,24-28,31-34,38,40,60,64-67,69,73-74H,4-6,8-9,11-15,18,22-23,29-30,35-37,39,41-59H2,1-3H3,(H,75,76)/b10-7-,19-16-,20-17-,24-21-,27-25-,28-26-,33-31-,34-32-,40-38-. The lowest BCUT2D eigenvalue weighted by molar-refractivity contribution is -0.301. The van der Waals surface area contributed by atoms with E-state index in [4.69, 9.17) is 23.7 Å². The average Bonchev–Trinajstić information content (AvgIpc) is 3.46. The molecule has 6 atom stereocenters. The number of carboxylic acids is 1. The molecule has 1 fully saturated rings. The lowest BCUT2D eigenvalue weighted by Gasteiger charge is -2.40. The van der Waals surface area contributed by atoms with Crippen molar-refractivity contribution < 1.29 is 58.2 Å². The molecular weight excluding hydrogens is 1020 g/mol. The predicted molar refractivity (Wildman–Crippen MR) is 330 cm³/mol. The Hall–Kier alpha value is -4.62. The van der Waals surface area contributed by atoms with E-state index in [1.54, 1.807) is 0 Å². The van der Waals surface area contributed by atoms with Crippen LogP contribution in [-0.4, -0.2) is 89.2 Å². The van der Waals surface area contributed by atoms with E-state index in [2.05, 4.69) is 130 Å². The lowest BCUT2D eigenvalue weighted by Crippen LogP contribution is -2.61. The Kier molecular flexibility index (Phi) is 51.3. The third-order valence-electron chi connectivity index (χ3n) is 13.8. The van der Waals surface area contributed by atoms with Gasteiger partial charge in [-0.1, -0.05) is 214 Å². The van der Waals surface area contributed by atoms with E-state index in [1.807, 2.05) is 0 Å². The molecule has 460 valence electrons. The van der Waals surface area contributed by atoms with Gasteiger partial charge in [0.1, 0.15) is 18.8 Å². The van der Waals surface area contributed by atoms with Crippen molar-refractivity contribution in [1.82, 2.24) is 0 Å². The van der Waals surface area contributed by atoms with Crippen LogP contribution in [0, 0.1) is 0 Å². The minimum Gasteiger partial charge on any atom is -0.479 e. The minimum absolute atomic E-state index is 0.0406. The summed E-state index contributed by atoms with van der Waals surface area (Å²) in [6, 6.07) is 0. The van der Waals surface area contributed by atoms with Crippen molar-refractivity contribution in [2.24, 2.45) is 0 Å². The van der Waals surface area contributed by atoms with Gasteiger partial charge in [0.05, 0.1) is 6.61 Å². The number of unbranched alkanes of at least 4 members (excludes halogenated alkanes) is 21. The van der Waals surface area contributed by atoms with Crippen LogP contribution in [0.15, 0.2) is 109 Å². The number of aliphatic hydroxyl groups is 2. The van der Waals surface area contributed by atoms with Crippen molar-refractivity contribution in [2.45, 2.75) is 289 Å². The molecule has 0 amide bonds. The van der Waals surface area contributed by atoms with Crippen molar-refractivity contribution in [3.05, 3.63) is 109 Å². The molecule has 0 bridgehead atoms. The Morgan fingerprint density at radius 3 is 1.23 bits per heavy atom. The van der Waals surface area contributed by atoms with E-state index >= 15 is 0 Å². The molecular formula is C69H112O12. The molecule has 1 heterocycles. The van der Waals surface area contributed by atoms with Crippen LogP contribution < -0.4 is 0 Å². The first-order chi connectivity index (χ1) is 39.6. The van der Waals surface area contributed by atoms with Gasteiger partial charge in [0.15, 0.2) is 24.6 Å². The normalized spacial score (nSPS) is 18.5. The molecule has 12 nitrogen and oxygen atoms in total. The summed E-state index contributed by atoms with van der Waals surface area (Å²) in [5.74, 6) is -3.20. The fourth-order valence-corrected chi connectivity index (χ4v) is 8.92. The van der Waals surface area contributed by atoms with Crippen LogP contribution in [0.4, 0.5) is 0 Å². The van der Waals surface area contributed by atoms with E-state index in [0.717, 1.165) is 141 Å². The Bertz CT molecular complexity index is 1820. The van der Waals surface area contributed by atoms with E-state index in [0.29, 0.717) is 19.3 Å². The number of rotatable bonds is 53. The van der Waals surface area contributed by atoms with E-state index in [9.17, 15) is 34.5 Å². The van der Waals surface area contributed by atoms with Gasteiger partial charge in [-0.15, -0.1) is 0 Å². The second kappa shape index (κ2) is 55.9. The van der Waals surface area contributed by atoms with Crippen molar-refractivity contribution in [1.29, 1.82) is 0 Å². The maximum Gasteiger partial charge on any atom is 0.335 e. The van der Waals surface area contributed by atoms with Gasteiger partial charge < -0.3 is 39.0 Å². The Labute approximate surface area is 491 Å². The van der Waals surface area contributed by atoms with Crippen LogP contribution in [0.3, 0.4) is 0 Å². The number of esters is 3. The number of aliphatic carboxylic acids is 1. The summed E-state index contributed by atoms with van der Waals surface area (Å²) in [5.41, 5.74) is 0. The minimum atomic E-state index is -1.92. The van der Waals surface area contributed by atoms with Gasteiger partial charge in [-0.2, -0.15) is 0 Å². The van der Waals surface area contributed by atoms with Gasteiger partial charge in [0, 0.05) is 19.3 Å². The zero-order valence-corrected chi connectivity index (χ0v) is 50.7. The van der Waals surface area contributed by atoms with Crippen LogP contribution in [-0.2, 0) is 42.9 Å². The smallest absolute Gasteiger partial charge is 0.335 e. The van der Waals surface area contributed by atoms with Crippen LogP contribution in [0.5, 0.6) is 0 Å². The SMILES string of the molecule is CC/C=C\C/C=C\C/C=C\C/C=C\C/C=C\CCCCCC(=O)OCC(COC1OC(C(=O)O)C(O)C(O)C1OC(=O)CCCCCCC/C=C\CCCCCC)OC(=O)CCCCCCCC/C=C\C/C=C\C/C=C\CCCCC. The molecule has 12 heteroatoms. The van der Waals surface area contributed by atoms with Crippen molar-refractivity contribution >= 4 is 23.9 Å². The van der Waals surface area contributed by atoms with Crippen molar-refractivity contribution in [2.75, 3.05) is 13.2 Å². The fourth-order valence-electron chi connectivity index (χ4n) is 8.92. The highest BCUT2D eigenvalue weighted by atomic mass is 16.7. The summed E-state index contributed by atoms with van der Waals surface area (Å²) in [4.78, 5) is 51.3. The van der Waals surface area contributed by atoms with Crippen molar-refractivity contribution in [3.63, 3.8) is 0 Å². The number of hydrogen-bond donors (Lipinski definition) is 3. The molecule has 0 aliphatic carbocycles. The first-order valence-electron chi connectivity index (χ1n) is 31.9. The fraction of sp³-hybridized carbons (Fsp3) is 0.681. The van der Waals surface area contributed by atoms with Crippen LogP contribution >= 0.6 is 0 Å². The number of allylic oxidation sites excluding steroid dienone is 18. The first kappa shape index (κ1) is 74.4. The summed E-state index contributed by atoms with van der Waals surface area (Å²) in [6.45, 7) is 5.80. The molecule has 1 rings (SSSR count). The molecule has 0 radical (unpaired) electrons. The zero-order valence-electron chi connectivity index (χ0n) is 50.7. The molecule has 0 aromatic carbocycles. The van der Waals surface area contributed by atoms with Crippen molar-refractivity contribution in [3.8, 4) is 0 Å². The first-order valence-corrected chi connectivity index (χ1v) is 31.9. The highest BCUT2D eigenvalue weighted by molar-refractivity contribution is 5.74. The van der Waals surface area contributed by atoms with Crippen LogP contribution in [0.2, 0.25) is 0 Å². The second-order valence-corrected chi connectivity index (χ2v) is 21.3. The Morgan fingerprint density at radius 2 is 0.778 bits per heavy atom. The van der Waals surface area contributed by atoms with E-state index in [-0.39, 0.29) is 25.9 Å². The summed E-state index contributed by atoms with van der Waals surface area (Å²) in [5, 5.41) is 31.5. The zero-order chi connectivity index (χ0) is 58.9. The summed E-state index contributed by atoms with van der Waals surface area (Å²) in [6.07, 6.45) is 63.3. The summed E-state index contributed by atoms with van der Waals surface area (Å²) >= 11 is 0. The maximum absolute atomic E-state index is 13.2. The molecule has 0 aromatic heterocycles. The lowest BCUT2D eigenvalue weighted by atomic mass is 9.98. The van der Waals surface area contributed by atoms with E-state index in [1.165, 1.54) is 51.4 Å². The third-order valence-corrected chi connectivity index (χ3v) is 13.8. The monoisotopic (exact) mass is 1130 g/mol. The summed E-state index contributed by atoms with van der Waals surface area (Å²) in [7, 11) is 0. The number of carbonyl (C=O) groups excluding carboxylic acids is 3. The number of hydrogen-bond acceptors (Lipinski definition) is 11. The second-order valence-electron chi connectivity index (χ2n) is 21.3. The van der Waals surface area contributed by atoms with Gasteiger partial charge in [-0.25, -0.2) is 4.79 Å². The molecule has 81 heavy (non-hydrogen) atoms. The largest absolute Gasteiger partial charge is 0.479 e. The number of carbonyl (C=O) groups is 4. The number of aliphatic hydroxyl groups excluding tert-OH is 2. The third kappa shape index (κ3) is 45.6.